The largest absolute Gasteiger partial charge is 0.326 e. The second-order valence-corrected chi connectivity index (χ2v) is 4.94. The second kappa shape index (κ2) is 5.83. The van der Waals surface area contributed by atoms with E-state index in [1.165, 1.54) is 42.6 Å². The van der Waals surface area contributed by atoms with Gasteiger partial charge in [0.1, 0.15) is 11.5 Å². The highest BCUT2D eigenvalue weighted by molar-refractivity contribution is 5.39. The van der Waals surface area contributed by atoms with E-state index in [4.69, 9.17) is 11.5 Å². The summed E-state index contributed by atoms with van der Waals surface area (Å²) >= 11 is 0. The van der Waals surface area contributed by atoms with E-state index >= 15 is 0 Å². The summed E-state index contributed by atoms with van der Waals surface area (Å²) in [4.78, 5) is 3.71. The van der Waals surface area contributed by atoms with Crippen molar-refractivity contribution in [2.75, 3.05) is 0 Å². The summed E-state index contributed by atoms with van der Waals surface area (Å²) in [5.41, 5.74) is 12.0. The Hall–Kier alpha value is -1.92. The third kappa shape index (κ3) is 2.91. The molecule has 0 aliphatic rings. The van der Waals surface area contributed by atoms with Crippen LogP contribution in [0.3, 0.4) is 0 Å². The van der Waals surface area contributed by atoms with Crippen molar-refractivity contribution < 1.29 is 13.2 Å². The fourth-order valence-electron chi connectivity index (χ4n) is 2.20. The zero-order valence-electron chi connectivity index (χ0n) is 11.4. The van der Waals surface area contributed by atoms with Crippen LogP contribution in [0.15, 0.2) is 42.6 Å². The minimum absolute atomic E-state index is 0.329. The summed E-state index contributed by atoms with van der Waals surface area (Å²) in [6, 6.07) is 7.77. The van der Waals surface area contributed by atoms with E-state index in [1.807, 2.05) is 0 Å². The molecule has 2 aromatic rings. The van der Waals surface area contributed by atoms with Gasteiger partial charge in [-0.1, -0.05) is 18.2 Å². The first-order valence-electron chi connectivity index (χ1n) is 6.40. The monoisotopic (exact) mass is 295 g/mol. The van der Waals surface area contributed by atoms with Gasteiger partial charge < -0.3 is 11.5 Å². The van der Waals surface area contributed by atoms with Gasteiger partial charge in [-0.15, -0.1) is 0 Å². The fraction of sp³-hybridized carbons (Fsp3) is 0.267. The smallest absolute Gasteiger partial charge is 0.280 e. The molecule has 21 heavy (non-hydrogen) atoms. The summed E-state index contributed by atoms with van der Waals surface area (Å²) in [5, 5.41) is 0. The number of nitrogens with two attached hydrogens (primary N) is 2. The van der Waals surface area contributed by atoms with Crippen molar-refractivity contribution in [2.24, 2.45) is 11.5 Å². The predicted molar refractivity (Wildman–Crippen MR) is 74.2 cm³/mol. The van der Waals surface area contributed by atoms with Gasteiger partial charge in [-0.25, -0.2) is 13.2 Å². The Kier molecular flexibility index (Phi) is 4.29. The standard InChI is InChI=1S/C15H16F3N3/c1-9(19)15(20,10-2-5-12(16)6-3-10)11-4-7-13(14(17)18)21-8-11/h2-9,14H,19-20H2,1H3/t9-,15?/m0/s1. The highest BCUT2D eigenvalue weighted by Crippen LogP contribution is 2.30. The third-order valence-electron chi connectivity index (χ3n) is 3.53. The van der Waals surface area contributed by atoms with Crippen LogP contribution in [0.25, 0.3) is 0 Å². The molecule has 3 nitrogen and oxygen atoms in total. The maximum Gasteiger partial charge on any atom is 0.280 e. The van der Waals surface area contributed by atoms with Crippen LogP contribution in [0.4, 0.5) is 13.2 Å². The lowest BCUT2D eigenvalue weighted by Crippen LogP contribution is -2.51. The minimum Gasteiger partial charge on any atom is -0.326 e. The van der Waals surface area contributed by atoms with Gasteiger partial charge in [0.05, 0.1) is 5.54 Å². The van der Waals surface area contributed by atoms with Crippen LogP contribution in [-0.2, 0) is 5.54 Å². The molecule has 0 aliphatic heterocycles. The number of hydrogen-bond acceptors (Lipinski definition) is 3. The number of aromatic nitrogens is 1. The van der Waals surface area contributed by atoms with E-state index in [9.17, 15) is 13.2 Å². The molecule has 0 fully saturated rings. The Morgan fingerprint density at radius 3 is 2.05 bits per heavy atom. The number of alkyl halides is 2. The highest BCUT2D eigenvalue weighted by Gasteiger charge is 2.34. The molecule has 0 saturated heterocycles. The summed E-state index contributed by atoms with van der Waals surface area (Å²) in [6.45, 7) is 1.70. The first kappa shape index (κ1) is 15.5. The van der Waals surface area contributed by atoms with Crippen molar-refractivity contribution in [3.05, 3.63) is 65.2 Å². The Labute approximate surface area is 120 Å². The Morgan fingerprint density at radius 2 is 1.62 bits per heavy atom. The summed E-state index contributed by atoms with van der Waals surface area (Å²) in [6.07, 6.45) is -1.36. The molecule has 2 rings (SSSR count). The maximum atomic E-state index is 13.1. The van der Waals surface area contributed by atoms with Gasteiger partial charge in [-0.05, 0) is 36.2 Å². The summed E-state index contributed by atoms with van der Waals surface area (Å²) < 4.78 is 38.2. The molecule has 0 aliphatic carbocycles. The van der Waals surface area contributed by atoms with Crippen LogP contribution in [0, 0.1) is 5.82 Å². The van der Waals surface area contributed by atoms with Crippen molar-refractivity contribution in [3.63, 3.8) is 0 Å². The van der Waals surface area contributed by atoms with Crippen molar-refractivity contribution in [1.29, 1.82) is 0 Å². The Balaban J connectivity index is 2.49. The molecule has 0 bridgehead atoms. The number of hydrogen-bond donors (Lipinski definition) is 2. The average Bonchev–Trinajstić information content (AvgIpc) is 2.47. The number of nitrogens with zero attached hydrogens (tertiary/aromatic N) is 1. The van der Waals surface area contributed by atoms with Gasteiger partial charge in [0.15, 0.2) is 0 Å². The van der Waals surface area contributed by atoms with Gasteiger partial charge in [-0.2, -0.15) is 0 Å². The van der Waals surface area contributed by atoms with Crippen LogP contribution in [0.5, 0.6) is 0 Å². The van der Waals surface area contributed by atoms with E-state index in [0.29, 0.717) is 11.1 Å². The van der Waals surface area contributed by atoms with Gasteiger partial charge in [0.2, 0.25) is 0 Å². The zero-order valence-corrected chi connectivity index (χ0v) is 11.4. The van der Waals surface area contributed by atoms with Gasteiger partial charge in [0.25, 0.3) is 6.43 Å². The SMILES string of the molecule is C[C@H](N)C(N)(c1ccc(F)cc1)c1ccc(C(F)F)nc1. The zero-order chi connectivity index (χ0) is 15.6. The molecule has 6 heteroatoms. The lowest BCUT2D eigenvalue weighted by Gasteiger charge is -2.34. The lowest BCUT2D eigenvalue weighted by molar-refractivity contribution is 0.146. The quantitative estimate of drug-likeness (QED) is 0.911. The third-order valence-corrected chi connectivity index (χ3v) is 3.53. The molecule has 0 saturated carbocycles. The van der Waals surface area contributed by atoms with Crippen LogP contribution in [-0.4, -0.2) is 11.0 Å². The van der Waals surface area contributed by atoms with E-state index in [0.717, 1.165) is 0 Å². The van der Waals surface area contributed by atoms with E-state index < -0.39 is 23.8 Å². The van der Waals surface area contributed by atoms with Crippen LogP contribution in [0.1, 0.15) is 30.2 Å². The lowest BCUT2D eigenvalue weighted by atomic mass is 9.79. The minimum atomic E-state index is -2.65. The van der Waals surface area contributed by atoms with Crippen molar-refractivity contribution >= 4 is 0 Å². The Bertz CT molecular complexity index is 597. The van der Waals surface area contributed by atoms with Crippen LogP contribution in [0.2, 0.25) is 0 Å². The molecular formula is C15H16F3N3. The first-order valence-corrected chi connectivity index (χ1v) is 6.40. The molecule has 0 radical (unpaired) electrons. The normalized spacial score (nSPS) is 15.8. The number of benzene rings is 1. The molecule has 0 amide bonds. The molecule has 112 valence electrons. The number of halogens is 3. The van der Waals surface area contributed by atoms with Gasteiger partial charge >= 0.3 is 0 Å². The topological polar surface area (TPSA) is 64.9 Å². The number of rotatable bonds is 4. The number of pyridine rings is 1. The predicted octanol–water partition coefficient (Wildman–Crippen LogP) is 2.71. The maximum absolute atomic E-state index is 13.1. The summed E-state index contributed by atoms with van der Waals surface area (Å²) in [7, 11) is 0. The Morgan fingerprint density at radius 1 is 1.05 bits per heavy atom. The fourth-order valence-corrected chi connectivity index (χ4v) is 2.20. The molecule has 1 aromatic carbocycles. The molecule has 2 atom stereocenters. The molecule has 4 N–H and O–H groups in total. The average molecular weight is 295 g/mol. The van der Waals surface area contributed by atoms with Gasteiger partial charge in [0, 0.05) is 12.2 Å². The van der Waals surface area contributed by atoms with Gasteiger partial charge in [-0.3, -0.25) is 4.98 Å². The van der Waals surface area contributed by atoms with Crippen molar-refractivity contribution in [3.8, 4) is 0 Å². The summed E-state index contributed by atoms with van der Waals surface area (Å²) in [5.74, 6) is -0.392. The van der Waals surface area contributed by atoms with Crippen molar-refractivity contribution in [2.45, 2.75) is 24.9 Å². The van der Waals surface area contributed by atoms with E-state index in [-0.39, 0.29) is 5.69 Å². The first-order chi connectivity index (χ1) is 9.85. The molecule has 1 unspecified atom stereocenters. The molecular weight excluding hydrogens is 279 g/mol. The van der Waals surface area contributed by atoms with E-state index in [1.54, 1.807) is 6.92 Å². The highest BCUT2D eigenvalue weighted by atomic mass is 19.3. The second-order valence-electron chi connectivity index (χ2n) is 4.94. The van der Waals surface area contributed by atoms with Crippen molar-refractivity contribution in [1.82, 2.24) is 4.98 Å². The van der Waals surface area contributed by atoms with E-state index in [2.05, 4.69) is 4.98 Å². The van der Waals surface area contributed by atoms with Crippen LogP contribution >= 0.6 is 0 Å². The molecule has 1 heterocycles. The van der Waals surface area contributed by atoms with Crippen LogP contribution < -0.4 is 11.5 Å². The molecule has 0 spiro atoms. The molecule has 1 aromatic heterocycles.